The summed E-state index contributed by atoms with van der Waals surface area (Å²) >= 11 is 1.27. The third-order valence-electron chi connectivity index (χ3n) is 3.95. The summed E-state index contributed by atoms with van der Waals surface area (Å²) < 4.78 is 10.8. The monoisotopic (exact) mass is 336 g/mol. The first kappa shape index (κ1) is 15.9. The van der Waals surface area contributed by atoms with Gasteiger partial charge in [-0.25, -0.2) is 4.79 Å². The summed E-state index contributed by atoms with van der Waals surface area (Å²) in [5.41, 5.74) is 0. The molecule has 1 saturated carbocycles. The van der Waals surface area contributed by atoms with Crippen LogP contribution in [0, 0.1) is 0 Å². The molecule has 0 bridgehead atoms. The Morgan fingerprint density at radius 3 is 3.00 bits per heavy atom. The highest BCUT2D eigenvalue weighted by atomic mass is 32.1. The number of ether oxygens (including phenoxy) is 1. The maximum atomic E-state index is 12.2. The lowest BCUT2D eigenvalue weighted by molar-refractivity contribution is 0.0667. The van der Waals surface area contributed by atoms with E-state index in [1.807, 2.05) is 0 Å². The van der Waals surface area contributed by atoms with E-state index in [-0.39, 0.29) is 18.2 Å². The number of nitrogens with one attached hydrogen (secondary N) is 2. The van der Waals surface area contributed by atoms with E-state index < -0.39 is 0 Å². The van der Waals surface area contributed by atoms with Gasteiger partial charge in [0, 0.05) is 7.11 Å². The SMILES string of the molecule is CO[C@H]1CCCCC[C@@H]1NC(=O)Nc1nnc(-c2ccco2)s1. The summed E-state index contributed by atoms with van der Waals surface area (Å²) in [6, 6.07) is 3.34. The number of hydrogen-bond acceptors (Lipinski definition) is 6. The van der Waals surface area contributed by atoms with Gasteiger partial charge in [0.05, 0.1) is 18.4 Å². The van der Waals surface area contributed by atoms with Gasteiger partial charge in [-0.2, -0.15) is 0 Å². The number of urea groups is 1. The molecule has 2 N–H and O–H groups in total. The van der Waals surface area contributed by atoms with Crippen molar-refractivity contribution in [1.29, 1.82) is 0 Å². The normalized spacial score (nSPS) is 21.6. The fourth-order valence-electron chi connectivity index (χ4n) is 2.80. The summed E-state index contributed by atoms with van der Waals surface area (Å²) in [6.07, 6.45) is 6.97. The third-order valence-corrected chi connectivity index (χ3v) is 4.80. The van der Waals surface area contributed by atoms with Crippen LogP contribution in [0.4, 0.5) is 9.93 Å². The molecular weight excluding hydrogens is 316 g/mol. The number of amides is 2. The van der Waals surface area contributed by atoms with Gasteiger partial charge in [0.2, 0.25) is 5.13 Å². The molecule has 0 aromatic carbocycles. The molecule has 8 heteroatoms. The lowest BCUT2D eigenvalue weighted by Crippen LogP contribution is -2.45. The Hall–Kier alpha value is -1.93. The Bertz CT molecular complexity index is 628. The Labute approximate surface area is 138 Å². The van der Waals surface area contributed by atoms with Crippen LogP contribution in [0.1, 0.15) is 32.1 Å². The Morgan fingerprint density at radius 2 is 2.22 bits per heavy atom. The number of nitrogens with zero attached hydrogens (tertiary/aromatic N) is 2. The Kier molecular flexibility index (Phi) is 5.24. The van der Waals surface area contributed by atoms with Gasteiger partial charge in [-0.3, -0.25) is 5.32 Å². The molecule has 7 nitrogen and oxygen atoms in total. The van der Waals surface area contributed by atoms with Crippen LogP contribution in [0.25, 0.3) is 10.8 Å². The zero-order valence-corrected chi connectivity index (χ0v) is 13.8. The number of hydrogen-bond donors (Lipinski definition) is 2. The number of rotatable bonds is 4. The molecule has 0 spiro atoms. The molecule has 2 aromatic heterocycles. The largest absolute Gasteiger partial charge is 0.462 e. The molecule has 1 aliphatic rings. The molecule has 2 heterocycles. The van der Waals surface area contributed by atoms with E-state index in [1.54, 1.807) is 25.5 Å². The van der Waals surface area contributed by atoms with Gasteiger partial charge in [0.25, 0.3) is 0 Å². The van der Waals surface area contributed by atoms with Gasteiger partial charge in [-0.1, -0.05) is 30.6 Å². The lowest BCUT2D eigenvalue weighted by atomic mass is 10.1. The second-order valence-electron chi connectivity index (χ2n) is 5.51. The lowest BCUT2D eigenvalue weighted by Gasteiger charge is -2.24. The van der Waals surface area contributed by atoms with Crippen LogP contribution >= 0.6 is 11.3 Å². The van der Waals surface area contributed by atoms with Crippen LogP contribution in [0.2, 0.25) is 0 Å². The maximum absolute atomic E-state index is 12.2. The van der Waals surface area contributed by atoms with Crippen molar-refractivity contribution in [3.05, 3.63) is 18.4 Å². The van der Waals surface area contributed by atoms with Crippen LogP contribution < -0.4 is 10.6 Å². The minimum atomic E-state index is -0.277. The van der Waals surface area contributed by atoms with Crippen molar-refractivity contribution in [3.8, 4) is 10.8 Å². The molecule has 2 amide bonds. The highest BCUT2D eigenvalue weighted by Gasteiger charge is 2.25. The average molecular weight is 336 g/mol. The van der Waals surface area contributed by atoms with E-state index in [4.69, 9.17) is 9.15 Å². The number of furan rings is 1. The van der Waals surface area contributed by atoms with Crippen LogP contribution in [0.3, 0.4) is 0 Å². The minimum absolute atomic E-state index is 0.0277. The molecule has 23 heavy (non-hydrogen) atoms. The van der Waals surface area contributed by atoms with Crippen molar-refractivity contribution in [3.63, 3.8) is 0 Å². The number of anilines is 1. The van der Waals surface area contributed by atoms with E-state index >= 15 is 0 Å². The first-order chi connectivity index (χ1) is 11.3. The number of carbonyl (C=O) groups excluding carboxylic acids is 1. The summed E-state index contributed by atoms with van der Waals surface area (Å²) in [5, 5.41) is 14.8. The van der Waals surface area contributed by atoms with Crippen molar-refractivity contribution < 1.29 is 13.9 Å². The molecular formula is C15H20N4O3S. The number of aromatic nitrogens is 2. The van der Waals surface area contributed by atoms with Crippen LogP contribution in [-0.4, -0.2) is 35.5 Å². The van der Waals surface area contributed by atoms with E-state index in [2.05, 4.69) is 20.8 Å². The number of carbonyl (C=O) groups is 1. The first-order valence-corrected chi connectivity index (χ1v) is 8.55. The van der Waals surface area contributed by atoms with Crippen molar-refractivity contribution in [2.75, 3.05) is 12.4 Å². The predicted molar refractivity (Wildman–Crippen MR) is 87.4 cm³/mol. The quantitative estimate of drug-likeness (QED) is 0.837. The second-order valence-corrected chi connectivity index (χ2v) is 6.48. The van der Waals surface area contributed by atoms with Crippen molar-refractivity contribution >= 4 is 22.5 Å². The van der Waals surface area contributed by atoms with Gasteiger partial charge >= 0.3 is 6.03 Å². The highest BCUT2D eigenvalue weighted by Crippen LogP contribution is 2.26. The third kappa shape index (κ3) is 4.08. The van der Waals surface area contributed by atoms with Gasteiger partial charge in [-0.05, 0) is 25.0 Å². The molecule has 0 radical (unpaired) electrons. The van der Waals surface area contributed by atoms with E-state index in [1.165, 1.54) is 17.8 Å². The fraction of sp³-hybridized carbons (Fsp3) is 0.533. The van der Waals surface area contributed by atoms with Gasteiger partial charge in [0.1, 0.15) is 0 Å². The highest BCUT2D eigenvalue weighted by molar-refractivity contribution is 7.18. The second kappa shape index (κ2) is 7.56. The minimum Gasteiger partial charge on any atom is -0.462 e. The van der Waals surface area contributed by atoms with Crippen LogP contribution in [-0.2, 0) is 4.74 Å². The molecule has 1 aliphatic carbocycles. The van der Waals surface area contributed by atoms with Crippen molar-refractivity contribution in [2.45, 2.75) is 44.2 Å². The topological polar surface area (TPSA) is 89.3 Å². The van der Waals surface area contributed by atoms with Gasteiger partial charge < -0.3 is 14.5 Å². The average Bonchev–Trinajstić information content (AvgIpc) is 3.17. The summed E-state index contributed by atoms with van der Waals surface area (Å²) in [6.45, 7) is 0. The molecule has 124 valence electrons. The molecule has 3 rings (SSSR count). The van der Waals surface area contributed by atoms with Crippen molar-refractivity contribution in [2.24, 2.45) is 0 Å². The van der Waals surface area contributed by atoms with Gasteiger partial charge in [0.15, 0.2) is 10.8 Å². The Morgan fingerprint density at radius 1 is 1.35 bits per heavy atom. The predicted octanol–water partition coefficient (Wildman–Crippen LogP) is 3.27. The fourth-order valence-corrected chi connectivity index (χ4v) is 3.50. The molecule has 0 saturated heterocycles. The zero-order chi connectivity index (χ0) is 16.1. The van der Waals surface area contributed by atoms with E-state index in [0.29, 0.717) is 15.9 Å². The zero-order valence-electron chi connectivity index (χ0n) is 12.9. The summed E-state index contributed by atoms with van der Waals surface area (Å²) in [5.74, 6) is 0.638. The number of methoxy groups -OCH3 is 1. The molecule has 0 unspecified atom stereocenters. The first-order valence-electron chi connectivity index (χ1n) is 7.74. The van der Waals surface area contributed by atoms with Gasteiger partial charge in [-0.15, -0.1) is 10.2 Å². The standard InChI is InChI=1S/C15H20N4O3S/c1-21-11-7-4-2-3-6-10(11)16-14(20)17-15-19-18-13(23-15)12-8-5-9-22-12/h5,8-11H,2-4,6-7H2,1H3,(H2,16,17,19,20)/t10-,11-/m0/s1. The summed E-state index contributed by atoms with van der Waals surface area (Å²) in [4.78, 5) is 12.2. The van der Waals surface area contributed by atoms with E-state index in [0.717, 1.165) is 25.7 Å². The van der Waals surface area contributed by atoms with Crippen molar-refractivity contribution in [1.82, 2.24) is 15.5 Å². The van der Waals surface area contributed by atoms with Crippen LogP contribution in [0.15, 0.2) is 22.8 Å². The molecule has 0 aliphatic heterocycles. The maximum Gasteiger partial charge on any atom is 0.321 e. The molecule has 2 aromatic rings. The molecule has 2 atom stereocenters. The Balaban J connectivity index is 1.58. The van der Waals surface area contributed by atoms with E-state index in [9.17, 15) is 4.79 Å². The van der Waals surface area contributed by atoms with Crippen LogP contribution in [0.5, 0.6) is 0 Å². The molecule has 1 fully saturated rings. The smallest absolute Gasteiger partial charge is 0.321 e. The summed E-state index contributed by atoms with van der Waals surface area (Å²) in [7, 11) is 1.70.